The number of hydrogen-bond acceptors (Lipinski definition) is 2. The molecule has 0 saturated heterocycles. The summed E-state index contributed by atoms with van der Waals surface area (Å²) in [6, 6.07) is 14.7. The maximum absolute atomic E-state index is 8.87. The molecule has 2 heteroatoms. The number of hydrogen-bond donors (Lipinski definition) is 0. The fourth-order valence-corrected chi connectivity index (χ4v) is 4.34. The van der Waals surface area contributed by atoms with Gasteiger partial charge in [0.15, 0.2) is 0 Å². The van der Waals surface area contributed by atoms with Gasteiger partial charge in [-0.2, -0.15) is 5.26 Å². The number of rotatable bonds is 8. The SMILES string of the molecule is CCCCC[C@H]1CC[C@H](CCc2ccc(-c3ccc(C#N)cn3)cc2)CC1. The lowest BCUT2D eigenvalue weighted by atomic mass is 9.78. The largest absolute Gasteiger partial charge is 0.255 e. The second-order valence-electron chi connectivity index (χ2n) is 8.16. The molecule has 0 atom stereocenters. The Kier molecular flexibility index (Phi) is 7.45. The van der Waals surface area contributed by atoms with Crippen molar-refractivity contribution >= 4 is 0 Å². The second kappa shape index (κ2) is 10.3. The molecule has 0 radical (unpaired) electrons. The smallest absolute Gasteiger partial charge is 0.101 e. The summed E-state index contributed by atoms with van der Waals surface area (Å²) >= 11 is 0. The maximum atomic E-state index is 8.87. The Balaban J connectivity index is 1.43. The van der Waals surface area contributed by atoms with Gasteiger partial charge < -0.3 is 0 Å². The lowest BCUT2D eigenvalue weighted by Crippen LogP contribution is -2.15. The topological polar surface area (TPSA) is 36.7 Å². The van der Waals surface area contributed by atoms with E-state index in [9.17, 15) is 0 Å². The fraction of sp³-hybridized carbons (Fsp3) is 0.520. The molecule has 0 spiro atoms. The first-order valence-electron chi connectivity index (χ1n) is 10.7. The van der Waals surface area contributed by atoms with E-state index in [0.29, 0.717) is 5.56 Å². The summed E-state index contributed by atoms with van der Waals surface area (Å²) in [5, 5.41) is 8.87. The van der Waals surface area contributed by atoms with Crippen LogP contribution < -0.4 is 0 Å². The van der Waals surface area contributed by atoms with Crippen LogP contribution in [0.4, 0.5) is 0 Å². The third-order valence-corrected chi connectivity index (χ3v) is 6.17. The van der Waals surface area contributed by atoms with Crippen molar-refractivity contribution in [2.75, 3.05) is 0 Å². The van der Waals surface area contributed by atoms with Gasteiger partial charge in [-0.25, -0.2) is 0 Å². The molecule has 1 saturated carbocycles. The van der Waals surface area contributed by atoms with E-state index in [0.717, 1.165) is 23.1 Å². The molecule has 2 aromatic rings. The quantitative estimate of drug-likeness (QED) is 0.478. The Hall–Kier alpha value is -2.14. The van der Waals surface area contributed by atoms with Crippen molar-refractivity contribution in [2.24, 2.45) is 11.8 Å². The van der Waals surface area contributed by atoms with Crippen LogP contribution in [0.25, 0.3) is 11.3 Å². The van der Waals surface area contributed by atoms with Gasteiger partial charge in [0.25, 0.3) is 0 Å². The average Bonchev–Trinajstić information content (AvgIpc) is 2.74. The van der Waals surface area contributed by atoms with Crippen molar-refractivity contribution in [3.8, 4) is 17.3 Å². The maximum Gasteiger partial charge on any atom is 0.101 e. The summed E-state index contributed by atoms with van der Waals surface area (Å²) in [5.41, 5.74) is 4.09. The van der Waals surface area contributed by atoms with Crippen LogP contribution in [0.1, 0.15) is 75.8 Å². The zero-order valence-electron chi connectivity index (χ0n) is 16.7. The second-order valence-corrected chi connectivity index (χ2v) is 8.16. The normalized spacial score (nSPS) is 19.6. The molecule has 0 unspecified atom stereocenters. The van der Waals surface area contributed by atoms with Gasteiger partial charge in [0.05, 0.1) is 11.3 Å². The summed E-state index contributed by atoms with van der Waals surface area (Å²) in [4.78, 5) is 4.38. The van der Waals surface area contributed by atoms with Gasteiger partial charge in [0.2, 0.25) is 0 Å². The Morgan fingerprint density at radius 2 is 1.63 bits per heavy atom. The predicted octanol–water partition coefficient (Wildman–Crippen LogP) is 6.94. The van der Waals surface area contributed by atoms with Crippen molar-refractivity contribution in [1.29, 1.82) is 5.26 Å². The van der Waals surface area contributed by atoms with Crippen LogP contribution in [0.2, 0.25) is 0 Å². The molecule has 1 aliphatic carbocycles. The van der Waals surface area contributed by atoms with Crippen LogP contribution in [0, 0.1) is 23.2 Å². The number of aromatic nitrogens is 1. The molecular weight excluding hydrogens is 328 g/mol. The highest BCUT2D eigenvalue weighted by Crippen LogP contribution is 2.34. The zero-order chi connectivity index (χ0) is 18.9. The van der Waals surface area contributed by atoms with E-state index in [-0.39, 0.29) is 0 Å². The Labute approximate surface area is 164 Å². The summed E-state index contributed by atoms with van der Waals surface area (Å²) in [6.07, 6.45) is 15.6. The van der Waals surface area contributed by atoms with E-state index in [2.05, 4.69) is 42.2 Å². The van der Waals surface area contributed by atoms with E-state index in [1.54, 1.807) is 6.20 Å². The molecule has 2 nitrogen and oxygen atoms in total. The van der Waals surface area contributed by atoms with Crippen molar-refractivity contribution in [2.45, 2.75) is 71.1 Å². The Morgan fingerprint density at radius 3 is 2.22 bits per heavy atom. The predicted molar refractivity (Wildman–Crippen MR) is 112 cm³/mol. The number of aryl methyl sites for hydroxylation is 1. The minimum absolute atomic E-state index is 0.607. The van der Waals surface area contributed by atoms with E-state index < -0.39 is 0 Å². The zero-order valence-corrected chi connectivity index (χ0v) is 16.7. The summed E-state index contributed by atoms with van der Waals surface area (Å²) in [7, 11) is 0. The van der Waals surface area contributed by atoms with E-state index in [4.69, 9.17) is 5.26 Å². The Bertz CT molecular complexity index is 716. The molecule has 142 valence electrons. The van der Waals surface area contributed by atoms with Crippen LogP contribution in [0.15, 0.2) is 42.6 Å². The molecular formula is C25H32N2. The van der Waals surface area contributed by atoms with Crippen LogP contribution in [-0.2, 0) is 6.42 Å². The number of unbranched alkanes of at least 4 members (excludes halogenated alkanes) is 2. The van der Waals surface area contributed by atoms with E-state index >= 15 is 0 Å². The van der Waals surface area contributed by atoms with Crippen molar-refractivity contribution < 1.29 is 0 Å². The molecule has 1 fully saturated rings. The molecule has 1 aliphatic rings. The first-order chi connectivity index (χ1) is 13.3. The number of benzene rings is 1. The van der Waals surface area contributed by atoms with Gasteiger partial charge in [0.1, 0.15) is 6.07 Å². The average molecular weight is 361 g/mol. The molecule has 0 bridgehead atoms. The van der Waals surface area contributed by atoms with E-state index in [1.165, 1.54) is 69.8 Å². The molecule has 1 heterocycles. The fourth-order valence-electron chi connectivity index (χ4n) is 4.34. The standard InChI is InChI=1S/C25H32N2/c1-2-3-4-5-20-6-8-21(9-7-20)10-11-22-12-15-24(16-13-22)25-17-14-23(18-26)19-27-25/h12-17,19-21H,2-11H2,1H3/t20-,21-. The molecule has 3 rings (SSSR count). The molecule has 1 aromatic heterocycles. The van der Waals surface area contributed by atoms with Crippen LogP contribution in [0.5, 0.6) is 0 Å². The van der Waals surface area contributed by atoms with Crippen molar-refractivity contribution in [3.05, 3.63) is 53.7 Å². The van der Waals surface area contributed by atoms with Crippen molar-refractivity contribution in [1.82, 2.24) is 4.98 Å². The van der Waals surface area contributed by atoms with Crippen LogP contribution in [-0.4, -0.2) is 4.98 Å². The highest BCUT2D eigenvalue weighted by molar-refractivity contribution is 5.59. The number of nitrogens with zero attached hydrogens (tertiary/aromatic N) is 2. The molecule has 0 N–H and O–H groups in total. The lowest BCUT2D eigenvalue weighted by molar-refractivity contribution is 0.249. The minimum Gasteiger partial charge on any atom is -0.255 e. The highest BCUT2D eigenvalue weighted by atomic mass is 14.7. The monoisotopic (exact) mass is 360 g/mol. The lowest BCUT2D eigenvalue weighted by Gasteiger charge is -2.28. The molecule has 27 heavy (non-hydrogen) atoms. The highest BCUT2D eigenvalue weighted by Gasteiger charge is 2.20. The third kappa shape index (κ3) is 5.93. The van der Waals surface area contributed by atoms with Crippen LogP contribution >= 0.6 is 0 Å². The summed E-state index contributed by atoms with van der Waals surface area (Å²) in [6.45, 7) is 2.30. The third-order valence-electron chi connectivity index (χ3n) is 6.17. The van der Waals surface area contributed by atoms with Crippen molar-refractivity contribution in [3.63, 3.8) is 0 Å². The van der Waals surface area contributed by atoms with Gasteiger partial charge in [0, 0.05) is 11.8 Å². The number of pyridine rings is 1. The minimum atomic E-state index is 0.607. The van der Waals surface area contributed by atoms with Gasteiger partial charge in [-0.3, -0.25) is 4.98 Å². The summed E-state index contributed by atoms with van der Waals surface area (Å²) < 4.78 is 0. The summed E-state index contributed by atoms with van der Waals surface area (Å²) in [5.74, 6) is 1.93. The first kappa shape index (κ1) is 19.6. The first-order valence-corrected chi connectivity index (χ1v) is 10.7. The molecule has 0 aliphatic heterocycles. The van der Waals surface area contributed by atoms with Gasteiger partial charge in [-0.05, 0) is 42.4 Å². The molecule has 1 aromatic carbocycles. The Morgan fingerprint density at radius 1 is 0.926 bits per heavy atom. The van der Waals surface area contributed by atoms with Gasteiger partial charge in [-0.15, -0.1) is 0 Å². The van der Waals surface area contributed by atoms with Gasteiger partial charge in [-0.1, -0.05) is 82.6 Å². The molecule has 0 amide bonds. The van der Waals surface area contributed by atoms with Crippen LogP contribution in [0.3, 0.4) is 0 Å². The van der Waals surface area contributed by atoms with E-state index in [1.807, 2.05) is 12.1 Å². The number of nitriles is 1. The van der Waals surface area contributed by atoms with Gasteiger partial charge >= 0.3 is 0 Å².